The van der Waals surface area contributed by atoms with E-state index in [4.69, 9.17) is 16.3 Å². The van der Waals surface area contributed by atoms with Gasteiger partial charge in [-0.05, 0) is 48.7 Å². The highest BCUT2D eigenvalue weighted by Crippen LogP contribution is 2.33. The van der Waals surface area contributed by atoms with Gasteiger partial charge in [0, 0.05) is 11.1 Å². The Labute approximate surface area is 156 Å². The van der Waals surface area contributed by atoms with Crippen molar-refractivity contribution in [2.75, 3.05) is 7.11 Å². The minimum atomic E-state index is -0.111. The molecule has 0 saturated heterocycles. The molecule has 2 N–H and O–H groups in total. The van der Waals surface area contributed by atoms with Gasteiger partial charge in [-0.1, -0.05) is 29.8 Å². The molecule has 0 radical (unpaired) electrons. The normalized spacial score (nSPS) is 14.1. The molecule has 1 aliphatic rings. The summed E-state index contributed by atoms with van der Waals surface area (Å²) < 4.78 is 5.58. The van der Waals surface area contributed by atoms with Crippen LogP contribution in [0, 0.1) is 0 Å². The number of halogens is 1. The van der Waals surface area contributed by atoms with Gasteiger partial charge in [-0.2, -0.15) is 5.10 Å². The fraction of sp³-hybridized carbons (Fsp3) is 0.200. The first-order valence-electron chi connectivity index (χ1n) is 8.45. The number of methoxy groups -OCH3 is 1. The third-order valence-electron chi connectivity index (χ3n) is 4.38. The molecule has 1 fully saturated rings. The van der Waals surface area contributed by atoms with Crippen LogP contribution in [-0.4, -0.2) is 29.3 Å². The number of aromatic amines is 1. The zero-order valence-electron chi connectivity index (χ0n) is 14.3. The van der Waals surface area contributed by atoms with E-state index >= 15 is 0 Å². The van der Waals surface area contributed by atoms with Crippen LogP contribution in [0.2, 0.25) is 5.02 Å². The molecule has 5 nitrogen and oxygen atoms in total. The van der Waals surface area contributed by atoms with Crippen molar-refractivity contribution < 1.29 is 9.53 Å². The van der Waals surface area contributed by atoms with Gasteiger partial charge in [0.25, 0.3) is 5.91 Å². The fourth-order valence-corrected chi connectivity index (χ4v) is 2.98. The smallest absolute Gasteiger partial charge is 0.255 e. The quantitative estimate of drug-likeness (QED) is 0.707. The van der Waals surface area contributed by atoms with Gasteiger partial charge in [-0.3, -0.25) is 9.89 Å². The van der Waals surface area contributed by atoms with Crippen LogP contribution in [0.15, 0.2) is 36.4 Å². The van der Waals surface area contributed by atoms with Crippen LogP contribution < -0.4 is 10.1 Å². The highest BCUT2D eigenvalue weighted by Gasteiger charge is 2.26. The Balaban J connectivity index is 1.72. The standard InChI is InChI=1S/C20H18ClN3O2/c1-26-19-15(20(25)22-14-7-8-14)9-11-17-18(19)16(23-24-17)10-4-12-2-5-13(21)6-3-12/h2-6,9-11,14H,7-8H2,1H3,(H,22,25)(H,23,24)/b10-4+. The van der Waals surface area contributed by atoms with Crippen LogP contribution in [0.5, 0.6) is 5.75 Å². The van der Waals surface area contributed by atoms with E-state index in [2.05, 4.69) is 15.5 Å². The maximum Gasteiger partial charge on any atom is 0.255 e. The maximum atomic E-state index is 12.5. The van der Waals surface area contributed by atoms with E-state index in [1.54, 1.807) is 13.2 Å². The molecule has 1 aliphatic carbocycles. The average Bonchev–Trinajstić information content (AvgIpc) is 3.37. The van der Waals surface area contributed by atoms with Crippen molar-refractivity contribution in [2.24, 2.45) is 0 Å². The molecule has 26 heavy (non-hydrogen) atoms. The molecule has 0 atom stereocenters. The fourth-order valence-electron chi connectivity index (χ4n) is 2.86. The number of ether oxygens (including phenoxy) is 1. The Kier molecular flexibility index (Phi) is 4.39. The van der Waals surface area contributed by atoms with Crippen molar-refractivity contribution in [2.45, 2.75) is 18.9 Å². The molecule has 6 heteroatoms. The van der Waals surface area contributed by atoms with Crippen LogP contribution in [-0.2, 0) is 0 Å². The number of amides is 1. The number of aromatic nitrogens is 2. The largest absolute Gasteiger partial charge is 0.495 e. The summed E-state index contributed by atoms with van der Waals surface area (Å²) in [6.45, 7) is 0. The lowest BCUT2D eigenvalue weighted by Gasteiger charge is -2.10. The van der Waals surface area contributed by atoms with Crippen LogP contribution in [0.4, 0.5) is 0 Å². The number of fused-ring (bicyclic) bond motifs is 1. The van der Waals surface area contributed by atoms with Gasteiger partial charge in [-0.15, -0.1) is 0 Å². The lowest BCUT2D eigenvalue weighted by molar-refractivity contribution is 0.0948. The zero-order chi connectivity index (χ0) is 18.1. The number of benzene rings is 2. The topological polar surface area (TPSA) is 67.0 Å². The Morgan fingerprint density at radius 2 is 2.00 bits per heavy atom. The number of carbonyl (C=O) groups is 1. The first-order valence-corrected chi connectivity index (χ1v) is 8.83. The average molecular weight is 368 g/mol. The second kappa shape index (κ2) is 6.84. The van der Waals surface area contributed by atoms with Crippen molar-refractivity contribution in [1.82, 2.24) is 15.5 Å². The van der Waals surface area contributed by atoms with E-state index in [-0.39, 0.29) is 11.9 Å². The number of nitrogens with one attached hydrogen (secondary N) is 2. The molecular formula is C20H18ClN3O2. The summed E-state index contributed by atoms with van der Waals surface area (Å²) in [7, 11) is 1.57. The molecule has 1 saturated carbocycles. The van der Waals surface area contributed by atoms with E-state index in [0.717, 1.165) is 29.3 Å². The number of H-pyrrole nitrogens is 1. The van der Waals surface area contributed by atoms with E-state index < -0.39 is 0 Å². The van der Waals surface area contributed by atoms with Gasteiger partial charge < -0.3 is 10.1 Å². The Bertz CT molecular complexity index is 988. The molecule has 0 aliphatic heterocycles. The monoisotopic (exact) mass is 367 g/mol. The van der Waals surface area contributed by atoms with Crippen LogP contribution in [0.3, 0.4) is 0 Å². The molecular weight excluding hydrogens is 350 g/mol. The summed E-state index contributed by atoms with van der Waals surface area (Å²) in [5.41, 5.74) is 3.06. The first-order chi connectivity index (χ1) is 12.7. The summed E-state index contributed by atoms with van der Waals surface area (Å²) >= 11 is 5.92. The zero-order valence-corrected chi connectivity index (χ0v) is 15.0. The lowest BCUT2D eigenvalue weighted by atomic mass is 10.1. The van der Waals surface area contributed by atoms with E-state index in [0.29, 0.717) is 22.0 Å². The Morgan fingerprint density at radius 3 is 2.69 bits per heavy atom. The van der Waals surface area contributed by atoms with Crippen LogP contribution in [0.25, 0.3) is 23.1 Å². The molecule has 1 amide bonds. The number of nitrogens with zero attached hydrogens (tertiary/aromatic N) is 1. The predicted molar refractivity (Wildman–Crippen MR) is 104 cm³/mol. The third kappa shape index (κ3) is 3.30. The van der Waals surface area contributed by atoms with E-state index in [1.807, 2.05) is 42.5 Å². The highest BCUT2D eigenvalue weighted by molar-refractivity contribution is 6.30. The minimum absolute atomic E-state index is 0.111. The molecule has 4 rings (SSSR count). The Morgan fingerprint density at radius 1 is 1.23 bits per heavy atom. The number of hydrogen-bond acceptors (Lipinski definition) is 3. The highest BCUT2D eigenvalue weighted by atomic mass is 35.5. The molecule has 132 valence electrons. The van der Waals surface area contributed by atoms with Gasteiger partial charge >= 0.3 is 0 Å². The Hall–Kier alpha value is -2.79. The van der Waals surface area contributed by atoms with Crippen LogP contribution in [0.1, 0.15) is 34.5 Å². The number of hydrogen-bond donors (Lipinski definition) is 2. The molecule has 0 spiro atoms. The second-order valence-electron chi connectivity index (χ2n) is 6.31. The van der Waals surface area contributed by atoms with Crippen molar-refractivity contribution in [3.8, 4) is 5.75 Å². The molecule has 0 bridgehead atoms. The molecule has 1 aromatic heterocycles. The van der Waals surface area contributed by atoms with Crippen molar-refractivity contribution in [3.63, 3.8) is 0 Å². The summed E-state index contributed by atoms with van der Waals surface area (Å²) in [6, 6.07) is 11.4. The van der Waals surface area contributed by atoms with Gasteiger partial charge in [0.2, 0.25) is 0 Å². The lowest BCUT2D eigenvalue weighted by Crippen LogP contribution is -2.25. The summed E-state index contributed by atoms with van der Waals surface area (Å²) in [5.74, 6) is 0.422. The summed E-state index contributed by atoms with van der Waals surface area (Å²) in [6.07, 6.45) is 5.92. The van der Waals surface area contributed by atoms with E-state index in [1.165, 1.54) is 0 Å². The van der Waals surface area contributed by atoms with E-state index in [9.17, 15) is 4.79 Å². The number of carbonyl (C=O) groups excluding carboxylic acids is 1. The summed E-state index contributed by atoms with van der Waals surface area (Å²) in [5, 5.41) is 11.8. The molecule has 2 aromatic carbocycles. The van der Waals surface area contributed by atoms with Crippen molar-refractivity contribution in [1.29, 1.82) is 0 Å². The second-order valence-corrected chi connectivity index (χ2v) is 6.75. The maximum absolute atomic E-state index is 12.5. The van der Waals surface area contributed by atoms with Crippen molar-refractivity contribution >= 4 is 40.6 Å². The molecule has 1 heterocycles. The first kappa shape index (κ1) is 16.7. The summed E-state index contributed by atoms with van der Waals surface area (Å²) in [4.78, 5) is 12.5. The predicted octanol–water partition coefficient (Wildman–Crippen LogP) is 4.29. The minimum Gasteiger partial charge on any atom is -0.495 e. The molecule has 0 unspecified atom stereocenters. The number of rotatable bonds is 5. The van der Waals surface area contributed by atoms with Crippen molar-refractivity contribution in [3.05, 3.63) is 58.2 Å². The SMILES string of the molecule is COc1c(C(=O)NC2CC2)ccc2[nH]nc(/C=C/c3ccc(Cl)cc3)c12. The van der Waals surface area contributed by atoms with Crippen LogP contribution >= 0.6 is 11.6 Å². The molecule has 3 aromatic rings. The third-order valence-corrected chi connectivity index (χ3v) is 4.63. The van der Waals surface area contributed by atoms with Gasteiger partial charge in [-0.25, -0.2) is 0 Å². The van der Waals surface area contributed by atoms with Gasteiger partial charge in [0.05, 0.1) is 29.3 Å². The van der Waals surface area contributed by atoms with Gasteiger partial charge in [0.15, 0.2) is 0 Å². The van der Waals surface area contributed by atoms with Gasteiger partial charge in [0.1, 0.15) is 5.75 Å².